The van der Waals surface area contributed by atoms with Crippen LogP contribution in [0.4, 0.5) is 5.69 Å². The third kappa shape index (κ3) is 2.23. The fraction of sp³-hybridized carbons (Fsp3) is 0.100. The van der Waals surface area contributed by atoms with Crippen molar-refractivity contribution in [3.63, 3.8) is 0 Å². The number of sulfone groups is 1. The number of aromatic nitrogens is 1. The fourth-order valence-electron chi connectivity index (χ4n) is 1.33. The number of rotatable bonds is 3. The Morgan fingerprint density at radius 3 is 2.81 bits per heavy atom. The van der Waals surface area contributed by atoms with Gasteiger partial charge in [0.15, 0.2) is 5.03 Å². The lowest BCUT2D eigenvalue weighted by molar-refractivity contribution is 0.592. The van der Waals surface area contributed by atoms with Gasteiger partial charge in [0.05, 0.1) is 11.4 Å². The van der Waals surface area contributed by atoms with Gasteiger partial charge in [-0.25, -0.2) is 13.4 Å². The highest BCUT2D eigenvalue weighted by molar-refractivity contribution is 7.90. The first-order valence-corrected chi connectivity index (χ1v) is 7.13. The van der Waals surface area contributed by atoms with E-state index in [4.69, 9.17) is 5.73 Å². The first-order valence-electron chi connectivity index (χ1n) is 4.54. The molecule has 0 aromatic carbocycles. The molecule has 16 heavy (non-hydrogen) atoms. The maximum Gasteiger partial charge on any atom is 0.201 e. The highest BCUT2D eigenvalue weighted by atomic mass is 32.2. The zero-order valence-electron chi connectivity index (χ0n) is 8.33. The van der Waals surface area contributed by atoms with Crippen molar-refractivity contribution in [2.24, 2.45) is 0 Å². The Kier molecular flexibility index (Phi) is 2.93. The summed E-state index contributed by atoms with van der Waals surface area (Å²) in [5.74, 6) is -0.0578. The molecule has 2 heterocycles. The van der Waals surface area contributed by atoms with Crippen LogP contribution < -0.4 is 5.73 Å². The molecule has 6 heteroatoms. The summed E-state index contributed by atoms with van der Waals surface area (Å²) in [5.41, 5.74) is 6.55. The van der Waals surface area contributed by atoms with Gasteiger partial charge in [0, 0.05) is 6.20 Å². The van der Waals surface area contributed by atoms with Crippen LogP contribution in [0.15, 0.2) is 40.2 Å². The number of nitrogen functional groups attached to an aromatic ring is 1. The monoisotopic (exact) mass is 254 g/mol. The van der Waals surface area contributed by atoms with Gasteiger partial charge in [-0.2, -0.15) is 11.3 Å². The molecule has 0 radical (unpaired) electrons. The van der Waals surface area contributed by atoms with E-state index >= 15 is 0 Å². The molecule has 0 aliphatic rings. The summed E-state index contributed by atoms with van der Waals surface area (Å²) in [5, 5.41) is 3.60. The maximum atomic E-state index is 12.0. The van der Waals surface area contributed by atoms with Crippen molar-refractivity contribution in [1.29, 1.82) is 0 Å². The molecule has 0 saturated carbocycles. The highest BCUT2D eigenvalue weighted by Gasteiger charge is 2.19. The van der Waals surface area contributed by atoms with E-state index in [0.717, 1.165) is 5.56 Å². The minimum atomic E-state index is -3.44. The molecule has 0 bridgehead atoms. The molecule has 0 saturated heterocycles. The Labute approximate surface area is 97.7 Å². The molecule has 0 fully saturated rings. The number of nitrogens with two attached hydrogens (primary N) is 1. The maximum absolute atomic E-state index is 12.0. The molecule has 2 aromatic rings. The van der Waals surface area contributed by atoms with E-state index in [0.29, 0.717) is 0 Å². The lowest BCUT2D eigenvalue weighted by atomic mass is 10.4. The van der Waals surface area contributed by atoms with Gasteiger partial charge in [-0.15, -0.1) is 0 Å². The van der Waals surface area contributed by atoms with E-state index in [1.807, 2.05) is 5.38 Å². The molecule has 0 aliphatic carbocycles. The molecule has 0 amide bonds. The molecule has 0 aliphatic heterocycles. The van der Waals surface area contributed by atoms with Gasteiger partial charge < -0.3 is 5.73 Å². The molecule has 2 rings (SSSR count). The number of nitrogens with zero attached hydrogens (tertiary/aromatic N) is 1. The van der Waals surface area contributed by atoms with Crippen molar-refractivity contribution in [3.05, 3.63) is 40.7 Å². The first kappa shape index (κ1) is 11.1. The first-order chi connectivity index (χ1) is 7.59. The van der Waals surface area contributed by atoms with Gasteiger partial charge in [-0.3, -0.25) is 0 Å². The molecule has 4 nitrogen and oxygen atoms in total. The van der Waals surface area contributed by atoms with Crippen LogP contribution in [0.5, 0.6) is 0 Å². The van der Waals surface area contributed by atoms with Crippen LogP contribution in [0, 0.1) is 0 Å². The minimum Gasteiger partial charge on any atom is -0.396 e. The molecule has 0 atom stereocenters. The van der Waals surface area contributed by atoms with Crippen molar-refractivity contribution in [2.45, 2.75) is 10.8 Å². The van der Waals surface area contributed by atoms with Crippen LogP contribution in [-0.2, 0) is 15.6 Å². The minimum absolute atomic E-state index is 0.0406. The lowest BCUT2D eigenvalue weighted by Crippen LogP contribution is -2.09. The Morgan fingerprint density at radius 2 is 2.19 bits per heavy atom. The zero-order chi connectivity index (χ0) is 11.6. The third-order valence-electron chi connectivity index (χ3n) is 2.03. The van der Waals surface area contributed by atoms with E-state index in [-0.39, 0.29) is 16.5 Å². The van der Waals surface area contributed by atoms with Gasteiger partial charge in [-0.1, -0.05) is 0 Å². The van der Waals surface area contributed by atoms with Crippen molar-refractivity contribution < 1.29 is 8.42 Å². The smallest absolute Gasteiger partial charge is 0.201 e. The van der Waals surface area contributed by atoms with E-state index in [1.54, 1.807) is 17.5 Å². The van der Waals surface area contributed by atoms with Crippen LogP contribution in [0.1, 0.15) is 5.56 Å². The second-order valence-corrected chi connectivity index (χ2v) is 5.97. The molecule has 0 spiro atoms. The van der Waals surface area contributed by atoms with Gasteiger partial charge in [0.2, 0.25) is 9.84 Å². The van der Waals surface area contributed by atoms with Crippen LogP contribution in [0.2, 0.25) is 0 Å². The zero-order valence-corrected chi connectivity index (χ0v) is 9.96. The Hall–Kier alpha value is -1.40. The van der Waals surface area contributed by atoms with E-state index in [9.17, 15) is 8.42 Å². The molecular weight excluding hydrogens is 244 g/mol. The predicted molar refractivity (Wildman–Crippen MR) is 63.9 cm³/mol. The lowest BCUT2D eigenvalue weighted by Gasteiger charge is -2.04. The largest absolute Gasteiger partial charge is 0.396 e. The summed E-state index contributed by atoms with van der Waals surface area (Å²) >= 11 is 1.46. The summed E-state index contributed by atoms with van der Waals surface area (Å²) < 4.78 is 24.0. The topological polar surface area (TPSA) is 73.0 Å². The number of pyridine rings is 1. The summed E-state index contributed by atoms with van der Waals surface area (Å²) in [7, 11) is -3.44. The van der Waals surface area contributed by atoms with Crippen molar-refractivity contribution in [1.82, 2.24) is 4.98 Å². The second kappa shape index (κ2) is 4.23. The number of hydrogen-bond acceptors (Lipinski definition) is 5. The second-order valence-electron chi connectivity index (χ2n) is 3.29. The summed E-state index contributed by atoms with van der Waals surface area (Å²) in [6, 6.07) is 4.92. The third-order valence-corrected chi connectivity index (χ3v) is 4.41. The summed E-state index contributed by atoms with van der Waals surface area (Å²) in [6.45, 7) is 0. The van der Waals surface area contributed by atoms with E-state index < -0.39 is 9.84 Å². The van der Waals surface area contributed by atoms with E-state index in [1.165, 1.54) is 23.6 Å². The molecule has 0 unspecified atom stereocenters. The molecule has 2 aromatic heterocycles. The van der Waals surface area contributed by atoms with Gasteiger partial charge in [0.25, 0.3) is 0 Å². The summed E-state index contributed by atoms with van der Waals surface area (Å²) in [6.07, 6.45) is 1.43. The predicted octanol–water partition coefficient (Wildman–Crippen LogP) is 1.70. The number of hydrogen-bond donors (Lipinski definition) is 1. The van der Waals surface area contributed by atoms with Gasteiger partial charge >= 0.3 is 0 Å². The van der Waals surface area contributed by atoms with E-state index in [2.05, 4.69) is 4.98 Å². The summed E-state index contributed by atoms with van der Waals surface area (Å²) in [4.78, 5) is 3.82. The standard InChI is InChI=1S/C10H10N2O2S2/c11-9-2-1-4-12-10(9)16(13,14)7-8-3-5-15-6-8/h1-6H,7,11H2. The van der Waals surface area contributed by atoms with Gasteiger partial charge in [-0.05, 0) is 34.5 Å². The fourth-order valence-corrected chi connectivity index (χ4v) is 3.50. The Bertz CT molecular complexity index is 577. The average molecular weight is 254 g/mol. The van der Waals surface area contributed by atoms with Crippen molar-refractivity contribution >= 4 is 26.9 Å². The SMILES string of the molecule is Nc1cccnc1S(=O)(=O)Cc1ccsc1. The van der Waals surface area contributed by atoms with Crippen molar-refractivity contribution in [3.8, 4) is 0 Å². The van der Waals surface area contributed by atoms with Crippen LogP contribution in [-0.4, -0.2) is 13.4 Å². The Morgan fingerprint density at radius 1 is 1.38 bits per heavy atom. The quantitative estimate of drug-likeness (QED) is 0.904. The van der Waals surface area contributed by atoms with Crippen LogP contribution >= 0.6 is 11.3 Å². The van der Waals surface area contributed by atoms with Crippen LogP contribution in [0.3, 0.4) is 0 Å². The Balaban J connectivity index is 2.37. The normalized spacial score (nSPS) is 11.5. The number of anilines is 1. The molecule has 84 valence electrons. The number of thiophene rings is 1. The van der Waals surface area contributed by atoms with Crippen molar-refractivity contribution in [2.75, 3.05) is 5.73 Å². The molecule has 2 N–H and O–H groups in total. The van der Waals surface area contributed by atoms with Crippen LogP contribution in [0.25, 0.3) is 0 Å². The average Bonchev–Trinajstić information content (AvgIpc) is 2.70. The molecular formula is C10H10N2O2S2. The highest BCUT2D eigenvalue weighted by Crippen LogP contribution is 2.20. The van der Waals surface area contributed by atoms with Gasteiger partial charge in [0.1, 0.15) is 0 Å².